The zero-order valence-electron chi connectivity index (χ0n) is 11.4. The van der Waals surface area contributed by atoms with E-state index < -0.39 is 11.5 Å². The molecule has 7 heteroatoms. The van der Waals surface area contributed by atoms with Crippen LogP contribution in [0.25, 0.3) is 0 Å². The molecule has 2 heterocycles. The fourth-order valence-electron chi connectivity index (χ4n) is 2.29. The number of aliphatic carboxylic acids is 1. The van der Waals surface area contributed by atoms with Crippen LogP contribution in [-0.2, 0) is 16.1 Å². The van der Waals surface area contributed by atoms with Crippen LogP contribution in [0.15, 0.2) is 18.3 Å². The van der Waals surface area contributed by atoms with Gasteiger partial charge in [0.25, 0.3) is 5.91 Å². The molecule has 0 atom stereocenters. The van der Waals surface area contributed by atoms with Gasteiger partial charge in [-0.2, -0.15) is 0 Å². The molecule has 7 nitrogen and oxygen atoms in total. The van der Waals surface area contributed by atoms with Crippen LogP contribution in [0.4, 0.5) is 0 Å². The largest absolute Gasteiger partial charge is 0.480 e. The standard InChI is InChI=1S/C13H17N3O4/c1-13(2)12(20)14-5-7-16(13)11(19)9-4-3-6-15(9)8-10(17)18/h3-4,6H,5,7-8H2,1-2H3,(H,14,20)(H,17,18). The summed E-state index contributed by atoms with van der Waals surface area (Å²) in [5.74, 6) is -1.57. The lowest BCUT2D eigenvalue weighted by molar-refractivity contribution is -0.137. The molecule has 1 saturated heterocycles. The summed E-state index contributed by atoms with van der Waals surface area (Å²) < 4.78 is 1.37. The number of hydrogen-bond donors (Lipinski definition) is 2. The van der Waals surface area contributed by atoms with E-state index in [-0.39, 0.29) is 24.1 Å². The fraction of sp³-hybridized carbons (Fsp3) is 0.462. The maximum atomic E-state index is 12.6. The number of amides is 2. The number of carboxylic acid groups (broad SMARTS) is 1. The topological polar surface area (TPSA) is 91.6 Å². The highest BCUT2D eigenvalue weighted by atomic mass is 16.4. The van der Waals surface area contributed by atoms with Crippen LogP contribution < -0.4 is 5.32 Å². The Labute approximate surface area is 116 Å². The van der Waals surface area contributed by atoms with E-state index in [9.17, 15) is 14.4 Å². The molecule has 0 unspecified atom stereocenters. The van der Waals surface area contributed by atoms with E-state index in [0.717, 1.165) is 0 Å². The fourth-order valence-corrected chi connectivity index (χ4v) is 2.29. The highest BCUT2D eigenvalue weighted by Gasteiger charge is 2.41. The zero-order chi connectivity index (χ0) is 14.9. The molecule has 0 saturated carbocycles. The first-order valence-corrected chi connectivity index (χ1v) is 6.31. The minimum atomic E-state index is -1.02. The summed E-state index contributed by atoms with van der Waals surface area (Å²) in [4.78, 5) is 36.7. The molecule has 1 aliphatic heterocycles. The SMILES string of the molecule is CC1(C)C(=O)NCCN1C(=O)c1cccn1CC(=O)O. The Morgan fingerprint density at radius 3 is 2.80 bits per heavy atom. The van der Waals surface area contributed by atoms with Gasteiger partial charge in [-0.3, -0.25) is 14.4 Å². The molecular formula is C13H17N3O4. The second-order valence-corrected chi connectivity index (χ2v) is 5.19. The van der Waals surface area contributed by atoms with Gasteiger partial charge >= 0.3 is 5.97 Å². The predicted molar refractivity (Wildman–Crippen MR) is 70.2 cm³/mol. The molecule has 0 aromatic carbocycles. The van der Waals surface area contributed by atoms with Crippen molar-refractivity contribution in [2.24, 2.45) is 0 Å². The number of carboxylic acids is 1. The van der Waals surface area contributed by atoms with Gasteiger partial charge in [-0.15, -0.1) is 0 Å². The summed E-state index contributed by atoms with van der Waals surface area (Å²) in [7, 11) is 0. The molecule has 20 heavy (non-hydrogen) atoms. The Morgan fingerprint density at radius 1 is 1.45 bits per heavy atom. The predicted octanol–water partition coefficient (Wildman–Crippen LogP) is -0.0767. The molecule has 0 radical (unpaired) electrons. The molecular weight excluding hydrogens is 262 g/mol. The van der Waals surface area contributed by atoms with Crippen molar-refractivity contribution in [3.05, 3.63) is 24.0 Å². The van der Waals surface area contributed by atoms with E-state index in [4.69, 9.17) is 5.11 Å². The minimum Gasteiger partial charge on any atom is -0.480 e. The lowest BCUT2D eigenvalue weighted by Gasteiger charge is -2.41. The summed E-state index contributed by atoms with van der Waals surface area (Å²) in [6.07, 6.45) is 1.54. The number of aromatic nitrogens is 1. The zero-order valence-corrected chi connectivity index (χ0v) is 11.4. The maximum Gasteiger partial charge on any atom is 0.323 e. The van der Waals surface area contributed by atoms with E-state index >= 15 is 0 Å². The van der Waals surface area contributed by atoms with Gasteiger partial charge in [0, 0.05) is 19.3 Å². The smallest absolute Gasteiger partial charge is 0.323 e. The van der Waals surface area contributed by atoms with Crippen molar-refractivity contribution in [2.45, 2.75) is 25.9 Å². The van der Waals surface area contributed by atoms with Gasteiger partial charge in [0.2, 0.25) is 5.91 Å². The lowest BCUT2D eigenvalue weighted by atomic mass is 9.98. The van der Waals surface area contributed by atoms with E-state index in [2.05, 4.69) is 5.32 Å². The molecule has 0 spiro atoms. The first kappa shape index (κ1) is 14.1. The first-order chi connectivity index (χ1) is 9.34. The van der Waals surface area contributed by atoms with Crippen LogP contribution in [0.5, 0.6) is 0 Å². The second kappa shape index (κ2) is 4.99. The third kappa shape index (κ3) is 2.38. The first-order valence-electron chi connectivity index (χ1n) is 6.31. The monoisotopic (exact) mass is 279 g/mol. The number of carbonyl (C=O) groups excluding carboxylic acids is 2. The number of nitrogens with one attached hydrogen (secondary N) is 1. The maximum absolute atomic E-state index is 12.6. The Kier molecular flexibility index (Phi) is 3.52. The Bertz CT molecular complexity index is 562. The van der Waals surface area contributed by atoms with Crippen molar-refractivity contribution < 1.29 is 19.5 Å². The Hall–Kier alpha value is -2.31. The lowest BCUT2D eigenvalue weighted by Crippen LogP contribution is -2.63. The third-order valence-corrected chi connectivity index (χ3v) is 3.45. The third-order valence-electron chi connectivity index (χ3n) is 3.45. The summed E-state index contributed by atoms with van der Waals surface area (Å²) in [5, 5.41) is 11.6. The summed E-state index contributed by atoms with van der Waals surface area (Å²) in [6, 6.07) is 3.18. The van der Waals surface area contributed by atoms with Gasteiger partial charge < -0.3 is 19.9 Å². The van der Waals surface area contributed by atoms with Crippen molar-refractivity contribution in [1.82, 2.24) is 14.8 Å². The number of carbonyl (C=O) groups is 3. The van der Waals surface area contributed by atoms with Gasteiger partial charge in [-0.25, -0.2) is 0 Å². The Morgan fingerprint density at radius 2 is 2.15 bits per heavy atom. The van der Waals surface area contributed by atoms with Gasteiger partial charge in [0.15, 0.2) is 0 Å². The average Bonchev–Trinajstić information content (AvgIpc) is 2.79. The molecule has 1 aromatic heterocycles. The normalized spacial score (nSPS) is 17.7. The molecule has 2 rings (SSSR count). The number of nitrogens with zero attached hydrogens (tertiary/aromatic N) is 2. The van der Waals surface area contributed by atoms with Crippen molar-refractivity contribution in [3.8, 4) is 0 Å². The van der Waals surface area contributed by atoms with Crippen molar-refractivity contribution >= 4 is 17.8 Å². The van der Waals surface area contributed by atoms with Gasteiger partial charge in [0.05, 0.1) is 0 Å². The highest BCUT2D eigenvalue weighted by molar-refractivity contribution is 5.99. The average molecular weight is 279 g/mol. The molecule has 1 aliphatic rings. The summed E-state index contributed by atoms with van der Waals surface area (Å²) in [5.41, 5.74) is -0.677. The van der Waals surface area contributed by atoms with E-state index in [0.29, 0.717) is 13.1 Å². The van der Waals surface area contributed by atoms with Gasteiger partial charge in [-0.05, 0) is 26.0 Å². The van der Waals surface area contributed by atoms with E-state index in [1.807, 2.05) is 0 Å². The molecule has 1 aromatic rings. The highest BCUT2D eigenvalue weighted by Crippen LogP contribution is 2.21. The van der Waals surface area contributed by atoms with Crippen LogP contribution in [0.1, 0.15) is 24.3 Å². The molecule has 0 aliphatic carbocycles. The molecule has 0 bridgehead atoms. The molecule has 2 amide bonds. The van der Waals surface area contributed by atoms with Crippen molar-refractivity contribution in [2.75, 3.05) is 13.1 Å². The Balaban J connectivity index is 2.29. The van der Waals surface area contributed by atoms with Crippen LogP contribution >= 0.6 is 0 Å². The second-order valence-electron chi connectivity index (χ2n) is 5.19. The van der Waals surface area contributed by atoms with Crippen LogP contribution in [0, 0.1) is 0 Å². The van der Waals surface area contributed by atoms with Crippen molar-refractivity contribution in [3.63, 3.8) is 0 Å². The number of piperazine rings is 1. The summed E-state index contributed by atoms with van der Waals surface area (Å²) in [6.45, 7) is 3.85. The minimum absolute atomic E-state index is 0.214. The van der Waals surface area contributed by atoms with E-state index in [1.54, 1.807) is 32.2 Å². The van der Waals surface area contributed by atoms with Crippen LogP contribution in [0.3, 0.4) is 0 Å². The molecule has 1 fully saturated rings. The molecule has 108 valence electrons. The quantitative estimate of drug-likeness (QED) is 0.809. The van der Waals surface area contributed by atoms with Crippen LogP contribution in [-0.4, -0.2) is 51.0 Å². The van der Waals surface area contributed by atoms with Gasteiger partial charge in [0.1, 0.15) is 17.8 Å². The van der Waals surface area contributed by atoms with Crippen molar-refractivity contribution in [1.29, 1.82) is 0 Å². The van der Waals surface area contributed by atoms with Gasteiger partial charge in [-0.1, -0.05) is 0 Å². The summed E-state index contributed by atoms with van der Waals surface area (Å²) >= 11 is 0. The number of hydrogen-bond acceptors (Lipinski definition) is 3. The van der Waals surface area contributed by atoms with Crippen LogP contribution in [0.2, 0.25) is 0 Å². The molecule has 2 N–H and O–H groups in total. The van der Waals surface area contributed by atoms with E-state index in [1.165, 1.54) is 9.47 Å². The number of rotatable bonds is 3.